The van der Waals surface area contributed by atoms with Crippen LogP contribution in [0.25, 0.3) is 0 Å². The van der Waals surface area contributed by atoms with Gasteiger partial charge in [0.1, 0.15) is 6.04 Å². The molecule has 0 bridgehead atoms. The van der Waals surface area contributed by atoms with Crippen LogP contribution in [0.3, 0.4) is 0 Å². The standard InChI is InChI=1S/C17H23N5OS/c18-17-21-14(12-24-17)6-4-8-20-16(23)15(22-9-1-2-10-22)13-5-3-7-19-11-13/h3,5,7,11-12,15H,1-2,4,6,8-10H2,(H2,18,21)(H,20,23)/t15-/m0/s1. The summed E-state index contributed by atoms with van der Waals surface area (Å²) in [5.74, 6) is 0.0580. The zero-order chi connectivity index (χ0) is 16.8. The lowest BCUT2D eigenvalue weighted by Gasteiger charge is -2.26. The maximum atomic E-state index is 12.7. The van der Waals surface area contributed by atoms with Gasteiger partial charge in [0.15, 0.2) is 5.13 Å². The summed E-state index contributed by atoms with van der Waals surface area (Å²) in [5.41, 5.74) is 7.59. The van der Waals surface area contributed by atoms with Crippen molar-refractivity contribution in [2.24, 2.45) is 0 Å². The number of carbonyl (C=O) groups is 1. The van der Waals surface area contributed by atoms with Crippen LogP contribution in [0.4, 0.5) is 5.13 Å². The lowest BCUT2D eigenvalue weighted by Crippen LogP contribution is -2.39. The van der Waals surface area contributed by atoms with Crippen LogP contribution in [0.2, 0.25) is 0 Å². The Bertz CT molecular complexity index is 654. The number of hydrogen-bond donors (Lipinski definition) is 2. The van der Waals surface area contributed by atoms with Crippen molar-refractivity contribution in [1.82, 2.24) is 20.2 Å². The molecule has 1 saturated heterocycles. The number of aromatic nitrogens is 2. The van der Waals surface area contributed by atoms with Gasteiger partial charge < -0.3 is 11.1 Å². The average Bonchev–Trinajstić information content (AvgIpc) is 3.25. The smallest absolute Gasteiger partial charge is 0.242 e. The van der Waals surface area contributed by atoms with E-state index < -0.39 is 0 Å². The van der Waals surface area contributed by atoms with Crippen molar-refractivity contribution >= 4 is 22.4 Å². The first-order valence-electron chi connectivity index (χ1n) is 8.35. The fraction of sp³-hybridized carbons (Fsp3) is 0.471. The Morgan fingerprint density at radius 3 is 2.92 bits per heavy atom. The van der Waals surface area contributed by atoms with Crippen LogP contribution in [0.5, 0.6) is 0 Å². The first-order valence-corrected chi connectivity index (χ1v) is 9.23. The minimum Gasteiger partial charge on any atom is -0.375 e. The van der Waals surface area contributed by atoms with Crippen molar-refractivity contribution in [1.29, 1.82) is 0 Å². The molecule has 0 aliphatic carbocycles. The third kappa shape index (κ3) is 4.30. The molecule has 3 N–H and O–H groups in total. The van der Waals surface area contributed by atoms with Gasteiger partial charge in [-0.25, -0.2) is 4.98 Å². The molecule has 1 atom stereocenters. The van der Waals surface area contributed by atoms with E-state index in [4.69, 9.17) is 5.73 Å². The van der Waals surface area contributed by atoms with E-state index in [9.17, 15) is 4.79 Å². The number of carbonyl (C=O) groups excluding carboxylic acids is 1. The molecule has 6 nitrogen and oxygen atoms in total. The first kappa shape index (κ1) is 16.9. The Hall–Kier alpha value is -1.99. The summed E-state index contributed by atoms with van der Waals surface area (Å²) in [6.45, 7) is 2.57. The molecule has 7 heteroatoms. The Labute approximate surface area is 146 Å². The summed E-state index contributed by atoms with van der Waals surface area (Å²) in [6, 6.07) is 3.63. The summed E-state index contributed by atoms with van der Waals surface area (Å²) in [7, 11) is 0. The van der Waals surface area contributed by atoms with Gasteiger partial charge in [-0.15, -0.1) is 11.3 Å². The third-order valence-electron chi connectivity index (χ3n) is 4.23. The van der Waals surface area contributed by atoms with Gasteiger partial charge in [0.25, 0.3) is 0 Å². The van der Waals surface area contributed by atoms with Crippen LogP contribution >= 0.6 is 11.3 Å². The molecule has 0 spiro atoms. The topological polar surface area (TPSA) is 84.1 Å². The molecule has 3 rings (SSSR count). The molecule has 24 heavy (non-hydrogen) atoms. The minimum absolute atomic E-state index is 0.0580. The van der Waals surface area contributed by atoms with Crippen molar-refractivity contribution in [3.05, 3.63) is 41.2 Å². The molecular formula is C17H23N5OS. The van der Waals surface area contributed by atoms with E-state index in [-0.39, 0.29) is 11.9 Å². The van der Waals surface area contributed by atoms with Gasteiger partial charge in [-0.3, -0.25) is 14.7 Å². The molecule has 0 aromatic carbocycles. The molecule has 1 fully saturated rings. The predicted octanol–water partition coefficient (Wildman–Crippen LogP) is 2.01. The number of nitrogens with one attached hydrogen (secondary N) is 1. The van der Waals surface area contributed by atoms with Crippen molar-refractivity contribution in [2.45, 2.75) is 31.7 Å². The number of amides is 1. The minimum atomic E-state index is -0.240. The van der Waals surface area contributed by atoms with Gasteiger partial charge in [-0.1, -0.05) is 6.07 Å². The maximum Gasteiger partial charge on any atom is 0.242 e. The number of thiazole rings is 1. The van der Waals surface area contributed by atoms with E-state index in [1.54, 1.807) is 12.4 Å². The number of anilines is 1. The highest BCUT2D eigenvalue weighted by atomic mass is 32.1. The fourth-order valence-corrected chi connectivity index (χ4v) is 3.68. The van der Waals surface area contributed by atoms with Crippen LogP contribution < -0.4 is 11.1 Å². The van der Waals surface area contributed by atoms with Crippen LogP contribution in [0, 0.1) is 0 Å². The average molecular weight is 345 g/mol. The Morgan fingerprint density at radius 1 is 1.42 bits per heavy atom. The summed E-state index contributed by atoms with van der Waals surface area (Å²) >= 11 is 1.45. The first-order chi connectivity index (χ1) is 11.7. The number of nitrogens with two attached hydrogens (primary N) is 1. The molecule has 3 heterocycles. The third-order valence-corrected chi connectivity index (χ3v) is 4.96. The van der Waals surface area contributed by atoms with E-state index in [1.165, 1.54) is 11.3 Å². The molecular weight excluding hydrogens is 322 g/mol. The van der Waals surface area contributed by atoms with E-state index >= 15 is 0 Å². The van der Waals surface area contributed by atoms with Gasteiger partial charge >= 0.3 is 0 Å². The van der Waals surface area contributed by atoms with Crippen LogP contribution in [0.1, 0.15) is 36.6 Å². The molecule has 1 aliphatic heterocycles. The molecule has 1 amide bonds. The molecule has 0 unspecified atom stereocenters. The number of rotatable bonds is 7. The molecule has 2 aromatic rings. The SMILES string of the molecule is Nc1nc(CCCNC(=O)[C@H](c2cccnc2)N2CCCC2)cs1. The summed E-state index contributed by atoms with van der Waals surface area (Å²) in [4.78, 5) is 23.4. The summed E-state index contributed by atoms with van der Waals surface area (Å²) in [5, 5.41) is 5.64. The highest BCUT2D eigenvalue weighted by Gasteiger charge is 2.29. The summed E-state index contributed by atoms with van der Waals surface area (Å²) < 4.78 is 0. The van der Waals surface area contributed by atoms with E-state index in [1.807, 2.05) is 17.5 Å². The Balaban J connectivity index is 1.55. The number of pyridine rings is 1. The Morgan fingerprint density at radius 2 is 2.25 bits per heavy atom. The van der Waals surface area contributed by atoms with Crippen LogP contribution in [0.15, 0.2) is 29.9 Å². The number of hydrogen-bond acceptors (Lipinski definition) is 6. The number of aryl methyl sites for hydroxylation is 1. The molecule has 0 saturated carbocycles. The zero-order valence-electron chi connectivity index (χ0n) is 13.6. The molecule has 1 aliphatic rings. The second kappa shape index (κ2) is 8.21. The maximum absolute atomic E-state index is 12.7. The quantitative estimate of drug-likeness (QED) is 0.750. The van der Waals surface area contributed by atoms with Gasteiger partial charge in [-0.2, -0.15) is 0 Å². The molecule has 0 radical (unpaired) electrons. The second-order valence-corrected chi connectivity index (χ2v) is 6.89. The van der Waals surface area contributed by atoms with Crippen LogP contribution in [-0.2, 0) is 11.2 Å². The Kier molecular flexibility index (Phi) is 5.77. The summed E-state index contributed by atoms with van der Waals surface area (Å²) in [6.07, 6.45) is 7.51. The zero-order valence-corrected chi connectivity index (χ0v) is 14.5. The van der Waals surface area contributed by atoms with Crippen LogP contribution in [-0.4, -0.2) is 40.4 Å². The van der Waals surface area contributed by atoms with Crippen molar-refractivity contribution in [3.63, 3.8) is 0 Å². The second-order valence-electron chi connectivity index (χ2n) is 6.00. The lowest BCUT2D eigenvalue weighted by atomic mass is 10.1. The molecule has 128 valence electrons. The predicted molar refractivity (Wildman–Crippen MR) is 95.6 cm³/mol. The van der Waals surface area contributed by atoms with Crippen molar-refractivity contribution in [2.75, 3.05) is 25.4 Å². The highest BCUT2D eigenvalue weighted by molar-refractivity contribution is 7.13. The van der Waals surface area contributed by atoms with Crippen molar-refractivity contribution in [3.8, 4) is 0 Å². The lowest BCUT2D eigenvalue weighted by molar-refractivity contribution is -0.126. The molecule has 2 aromatic heterocycles. The number of likely N-dealkylation sites (tertiary alicyclic amines) is 1. The van der Waals surface area contributed by atoms with Crippen molar-refractivity contribution < 1.29 is 4.79 Å². The fourth-order valence-electron chi connectivity index (χ4n) is 3.08. The van der Waals surface area contributed by atoms with E-state index in [2.05, 4.69) is 20.2 Å². The van der Waals surface area contributed by atoms with E-state index in [0.717, 1.165) is 50.0 Å². The monoisotopic (exact) mass is 345 g/mol. The number of nitrogens with zero attached hydrogens (tertiary/aromatic N) is 3. The normalized spacial score (nSPS) is 16.2. The van der Waals surface area contributed by atoms with Gasteiger partial charge in [0.05, 0.1) is 5.69 Å². The van der Waals surface area contributed by atoms with E-state index in [0.29, 0.717) is 11.7 Å². The van der Waals surface area contributed by atoms with Gasteiger partial charge in [-0.05, 0) is 50.4 Å². The highest BCUT2D eigenvalue weighted by Crippen LogP contribution is 2.24. The largest absolute Gasteiger partial charge is 0.375 e. The van der Waals surface area contributed by atoms with Gasteiger partial charge in [0, 0.05) is 24.3 Å². The van der Waals surface area contributed by atoms with Gasteiger partial charge in [0.2, 0.25) is 5.91 Å². The number of nitrogen functional groups attached to an aromatic ring is 1.